The van der Waals surface area contributed by atoms with E-state index < -0.39 is 10.0 Å². The maximum absolute atomic E-state index is 12.6. The Kier molecular flexibility index (Phi) is 5.42. The summed E-state index contributed by atoms with van der Waals surface area (Å²) in [6.07, 6.45) is 4.23. The summed E-state index contributed by atoms with van der Waals surface area (Å²) < 4.78 is 29.4. The van der Waals surface area contributed by atoms with Gasteiger partial charge in [0.2, 0.25) is 0 Å². The van der Waals surface area contributed by atoms with Gasteiger partial charge in [-0.1, -0.05) is 56.3 Å². The van der Waals surface area contributed by atoms with E-state index in [9.17, 15) is 8.42 Å². The Hall–Kier alpha value is -2.60. The van der Waals surface area contributed by atoms with Gasteiger partial charge in [-0.2, -0.15) is 5.10 Å². The van der Waals surface area contributed by atoms with Gasteiger partial charge in [-0.25, -0.2) is 8.42 Å². The van der Waals surface area contributed by atoms with E-state index in [0.29, 0.717) is 18.2 Å². The van der Waals surface area contributed by atoms with Crippen molar-refractivity contribution in [2.24, 2.45) is 0 Å². The predicted molar refractivity (Wildman–Crippen MR) is 104 cm³/mol. The molecule has 3 aromatic rings. The van der Waals surface area contributed by atoms with Crippen molar-refractivity contribution in [2.75, 3.05) is 4.72 Å². The van der Waals surface area contributed by atoms with Gasteiger partial charge in [0.15, 0.2) is 0 Å². The average Bonchev–Trinajstić information content (AvgIpc) is 3.08. The molecule has 2 aromatic carbocycles. The fourth-order valence-electron chi connectivity index (χ4n) is 2.70. The molecule has 0 aliphatic heterocycles. The summed E-state index contributed by atoms with van der Waals surface area (Å²) in [4.78, 5) is 0.250. The average molecular weight is 369 g/mol. The molecular weight excluding hydrogens is 346 g/mol. The van der Waals surface area contributed by atoms with Crippen molar-refractivity contribution in [2.45, 2.75) is 37.6 Å². The van der Waals surface area contributed by atoms with Crippen molar-refractivity contribution in [3.63, 3.8) is 0 Å². The number of benzene rings is 2. The van der Waals surface area contributed by atoms with Gasteiger partial charge >= 0.3 is 0 Å². The molecule has 0 saturated heterocycles. The third-order valence-corrected chi connectivity index (χ3v) is 5.84. The van der Waals surface area contributed by atoms with Crippen LogP contribution in [0.25, 0.3) is 0 Å². The predicted octanol–water partition coefficient (Wildman–Crippen LogP) is 4.25. The van der Waals surface area contributed by atoms with E-state index in [1.165, 1.54) is 6.20 Å². The van der Waals surface area contributed by atoms with Crippen molar-refractivity contribution in [3.05, 3.63) is 78.1 Å². The molecular formula is C20H23N3O2S. The van der Waals surface area contributed by atoms with Crippen molar-refractivity contribution < 1.29 is 8.42 Å². The van der Waals surface area contributed by atoms with Crippen LogP contribution in [-0.4, -0.2) is 18.2 Å². The number of sulfonamides is 1. The van der Waals surface area contributed by atoms with Crippen LogP contribution in [0.15, 0.2) is 71.9 Å². The highest BCUT2D eigenvalue weighted by atomic mass is 32.2. The van der Waals surface area contributed by atoms with Gasteiger partial charge in [-0.05, 0) is 35.6 Å². The molecule has 0 fully saturated rings. The number of anilines is 1. The highest BCUT2D eigenvalue weighted by Crippen LogP contribution is 2.22. The van der Waals surface area contributed by atoms with Crippen LogP contribution < -0.4 is 4.72 Å². The maximum atomic E-state index is 12.6. The van der Waals surface area contributed by atoms with Crippen LogP contribution >= 0.6 is 0 Å². The standard InChI is InChI=1S/C20H23N3O2S/c1-3-16(2)18-9-11-20(12-10-18)26(24,25)22-19-13-21-23(15-19)14-17-7-5-4-6-8-17/h4-13,15-16,22H,3,14H2,1-2H3. The molecule has 26 heavy (non-hydrogen) atoms. The highest BCUT2D eigenvalue weighted by molar-refractivity contribution is 7.92. The molecule has 5 nitrogen and oxygen atoms in total. The van der Waals surface area contributed by atoms with E-state index >= 15 is 0 Å². The van der Waals surface area contributed by atoms with E-state index in [1.807, 2.05) is 42.5 Å². The molecule has 1 heterocycles. The molecule has 136 valence electrons. The van der Waals surface area contributed by atoms with Crippen LogP contribution in [0.1, 0.15) is 37.3 Å². The Morgan fingerprint density at radius 1 is 1.08 bits per heavy atom. The largest absolute Gasteiger partial charge is 0.276 e. The molecule has 0 spiro atoms. The van der Waals surface area contributed by atoms with E-state index in [0.717, 1.165) is 17.5 Å². The summed E-state index contributed by atoms with van der Waals surface area (Å²) in [6.45, 7) is 4.83. The molecule has 0 amide bonds. The van der Waals surface area contributed by atoms with Crippen LogP contribution in [-0.2, 0) is 16.6 Å². The summed E-state index contributed by atoms with van der Waals surface area (Å²) in [5.74, 6) is 0.413. The lowest BCUT2D eigenvalue weighted by Gasteiger charge is -2.10. The Balaban J connectivity index is 1.71. The first-order valence-electron chi connectivity index (χ1n) is 8.67. The highest BCUT2D eigenvalue weighted by Gasteiger charge is 2.15. The number of hydrogen-bond donors (Lipinski definition) is 1. The zero-order valence-corrected chi connectivity index (χ0v) is 15.8. The summed E-state index contributed by atoms with van der Waals surface area (Å²) in [5, 5.41) is 4.23. The van der Waals surface area contributed by atoms with Gasteiger partial charge in [0.1, 0.15) is 0 Å². The second-order valence-corrected chi connectivity index (χ2v) is 8.08. The van der Waals surface area contributed by atoms with Crippen LogP contribution in [0.3, 0.4) is 0 Å². The Bertz CT molecular complexity index is 948. The van der Waals surface area contributed by atoms with Crippen LogP contribution in [0, 0.1) is 0 Å². The fraction of sp³-hybridized carbons (Fsp3) is 0.250. The lowest BCUT2D eigenvalue weighted by atomic mass is 9.99. The number of nitrogens with one attached hydrogen (secondary N) is 1. The van der Waals surface area contributed by atoms with E-state index in [1.54, 1.807) is 23.0 Å². The lowest BCUT2D eigenvalue weighted by molar-refractivity contribution is 0.601. The van der Waals surface area contributed by atoms with Crippen molar-refractivity contribution in [1.82, 2.24) is 9.78 Å². The Labute approximate surface area is 154 Å². The summed E-state index contributed by atoms with van der Waals surface area (Å²) in [5.41, 5.74) is 2.69. The molecule has 0 radical (unpaired) electrons. The normalized spacial score (nSPS) is 12.7. The number of hydrogen-bond acceptors (Lipinski definition) is 3. The van der Waals surface area contributed by atoms with E-state index in [2.05, 4.69) is 23.7 Å². The van der Waals surface area contributed by atoms with Gasteiger partial charge in [-0.3, -0.25) is 9.40 Å². The summed E-state index contributed by atoms with van der Waals surface area (Å²) in [7, 11) is -3.63. The minimum absolute atomic E-state index is 0.250. The minimum atomic E-state index is -3.63. The molecule has 0 saturated carbocycles. The Morgan fingerprint density at radius 3 is 2.42 bits per heavy atom. The fourth-order valence-corrected chi connectivity index (χ4v) is 3.73. The molecule has 0 bridgehead atoms. The lowest BCUT2D eigenvalue weighted by Crippen LogP contribution is -2.12. The van der Waals surface area contributed by atoms with Crippen molar-refractivity contribution in [1.29, 1.82) is 0 Å². The van der Waals surface area contributed by atoms with E-state index in [-0.39, 0.29) is 4.90 Å². The molecule has 1 unspecified atom stereocenters. The summed E-state index contributed by atoms with van der Waals surface area (Å²) >= 11 is 0. The third kappa shape index (κ3) is 4.32. The Morgan fingerprint density at radius 2 is 1.77 bits per heavy atom. The first-order chi connectivity index (χ1) is 12.5. The zero-order valence-electron chi connectivity index (χ0n) is 15.0. The van der Waals surface area contributed by atoms with Gasteiger partial charge in [-0.15, -0.1) is 0 Å². The zero-order chi connectivity index (χ0) is 18.6. The van der Waals surface area contributed by atoms with Gasteiger partial charge in [0.25, 0.3) is 10.0 Å². The molecule has 0 aliphatic carbocycles. The molecule has 0 aliphatic rings. The van der Waals surface area contributed by atoms with E-state index in [4.69, 9.17) is 0 Å². The third-order valence-electron chi connectivity index (χ3n) is 4.44. The van der Waals surface area contributed by atoms with Crippen molar-refractivity contribution >= 4 is 15.7 Å². The molecule has 1 N–H and O–H groups in total. The monoisotopic (exact) mass is 369 g/mol. The topological polar surface area (TPSA) is 64.0 Å². The maximum Gasteiger partial charge on any atom is 0.261 e. The number of nitrogens with zero attached hydrogens (tertiary/aromatic N) is 2. The smallest absolute Gasteiger partial charge is 0.261 e. The second kappa shape index (κ2) is 7.74. The number of rotatable bonds is 7. The van der Waals surface area contributed by atoms with Crippen LogP contribution in [0.2, 0.25) is 0 Å². The first-order valence-corrected chi connectivity index (χ1v) is 10.2. The van der Waals surface area contributed by atoms with Crippen molar-refractivity contribution in [3.8, 4) is 0 Å². The van der Waals surface area contributed by atoms with Gasteiger partial charge in [0, 0.05) is 6.20 Å². The summed E-state index contributed by atoms with van der Waals surface area (Å²) in [6, 6.07) is 16.9. The minimum Gasteiger partial charge on any atom is -0.276 e. The second-order valence-electron chi connectivity index (χ2n) is 6.40. The molecule has 6 heteroatoms. The van der Waals surface area contributed by atoms with Crippen LogP contribution in [0.4, 0.5) is 5.69 Å². The van der Waals surface area contributed by atoms with Crippen LogP contribution in [0.5, 0.6) is 0 Å². The molecule has 3 rings (SSSR count). The van der Waals surface area contributed by atoms with Gasteiger partial charge < -0.3 is 0 Å². The quantitative estimate of drug-likeness (QED) is 0.677. The first kappa shape index (κ1) is 18.2. The van der Waals surface area contributed by atoms with Gasteiger partial charge in [0.05, 0.1) is 23.3 Å². The molecule has 1 atom stereocenters. The number of aromatic nitrogens is 2. The SMILES string of the molecule is CCC(C)c1ccc(S(=O)(=O)Nc2cnn(Cc3ccccc3)c2)cc1. The molecule has 1 aromatic heterocycles.